The number of nitrogens with zero attached hydrogens (tertiary/aromatic N) is 2. The Bertz CT molecular complexity index is 1050. The summed E-state index contributed by atoms with van der Waals surface area (Å²) in [5, 5.41) is 5.33. The summed E-state index contributed by atoms with van der Waals surface area (Å²) in [7, 11) is 0. The van der Waals surface area contributed by atoms with E-state index in [1.54, 1.807) is 24.5 Å². The minimum atomic E-state index is -0.570. The zero-order valence-corrected chi connectivity index (χ0v) is 15.1. The molecule has 0 radical (unpaired) electrons. The number of nitrogens with one attached hydrogen (secondary N) is 1. The van der Waals surface area contributed by atoms with E-state index in [1.165, 1.54) is 4.90 Å². The molecule has 3 N–H and O–H groups in total. The van der Waals surface area contributed by atoms with E-state index in [2.05, 4.69) is 10.3 Å². The van der Waals surface area contributed by atoms with Gasteiger partial charge < -0.3 is 16.0 Å². The van der Waals surface area contributed by atoms with Crippen LogP contribution in [0.4, 0.5) is 10.5 Å². The summed E-state index contributed by atoms with van der Waals surface area (Å²) in [5.41, 5.74) is 7.76. The second-order valence-corrected chi connectivity index (χ2v) is 6.95. The van der Waals surface area contributed by atoms with Crippen molar-refractivity contribution < 1.29 is 9.59 Å². The second-order valence-electron chi connectivity index (χ2n) is 6.51. The number of primary amides is 1. The van der Waals surface area contributed by atoms with Crippen molar-refractivity contribution >= 4 is 40.0 Å². The zero-order valence-electron chi connectivity index (χ0n) is 14.4. The van der Waals surface area contributed by atoms with Crippen LogP contribution in [0.25, 0.3) is 10.8 Å². The number of nitrogens with two attached hydrogens (primary N) is 1. The number of hydrogen-bond acceptors (Lipinski definition) is 3. The average Bonchev–Trinajstić information content (AvgIpc) is 2.67. The van der Waals surface area contributed by atoms with Gasteiger partial charge in [0.2, 0.25) is 5.91 Å². The van der Waals surface area contributed by atoms with Crippen LogP contribution in [-0.4, -0.2) is 28.4 Å². The van der Waals surface area contributed by atoms with Crippen LogP contribution < -0.4 is 11.1 Å². The highest BCUT2D eigenvalue weighted by Crippen LogP contribution is 2.32. The van der Waals surface area contributed by atoms with E-state index >= 15 is 0 Å². The number of urea groups is 1. The van der Waals surface area contributed by atoms with E-state index in [9.17, 15) is 9.59 Å². The Balaban J connectivity index is 1.70. The third-order valence-corrected chi connectivity index (χ3v) is 5.04. The van der Waals surface area contributed by atoms with Crippen LogP contribution in [0.2, 0.25) is 5.02 Å². The van der Waals surface area contributed by atoms with Crippen molar-refractivity contribution in [1.82, 2.24) is 9.88 Å². The van der Waals surface area contributed by atoms with Crippen LogP contribution >= 0.6 is 11.6 Å². The lowest BCUT2D eigenvalue weighted by atomic mass is 9.89. The summed E-state index contributed by atoms with van der Waals surface area (Å²) in [5.74, 6) is -0.804. The molecule has 0 saturated carbocycles. The smallest absolute Gasteiger partial charge is 0.315 e. The lowest BCUT2D eigenvalue weighted by molar-refractivity contribution is -0.118. The quantitative estimate of drug-likeness (QED) is 0.713. The molecular weight excluding hydrogens is 364 g/mol. The topological polar surface area (TPSA) is 88.3 Å². The number of amides is 3. The monoisotopic (exact) mass is 380 g/mol. The number of rotatable bonds is 2. The summed E-state index contributed by atoms with van der Waals surface area (Å²) < 4.78 is 0. The Labute approximate surface area is 160 Å². The van der Waals surface area contributed by atoms with Gasteiger partial charge in [0.25, 0.3) is 0 Å². The van der Waals surface area contributed by atoms with E-state index in [4.69, 9.17) is 17.3 Å². The van der Waals surface area contributed by atoms with Crippen molar-refractivity contribution in [2.45, 2.75) is 12.5 Å². The number of carbonyl (C=O) groups excluding carboxylic acids is 2. The molecule has 0 fully saturated rings. The molecule has 1 aromatic heterocycles. The zero-order chi connectivity index (χ0) is 19.0. The fourth-order valence-electron chi connectivity index (χ4n) is 3.45. The van der Waals surface area contributed by atoms with E-state index in [-0.39, 0.29) is 12.5 Å². The van der Waals surface area contributed by atoms with E-state index < -0.39 is 11.9 Å². The fraction of sp³-hybridized carbons (Fsp3) is 0.150. The van der Waals surface area contributed by atoms with Gasteiger partial charge >= 0.3 is 6.03 Å². The van der Waals surface area contributed by atoms with Crippen molar-refractivity contribution in [2.75, 3.05) is 11.9 Å². The van der Waals surface area contributed by atoms with Crippen LogP contribution in [-0.2, 0) is 11.3 Å². The third-order valence-electron chi connectivity index (χ3n) is 4.80. The molecule has 6 nitrogen and oxygen atoms in total. The number of halogens is 1. The standard InChI is InChI=1S/C20H17ClN4O2/c21-14-6-5-13-10-25(20(22)27)11-17(16(13)7-14)19(26)24-18-9-23-8-12-3-1-2-4-15(12)18/h1-9,17H,10-11H2,(H2,22,27)(H,24,26)/t17-/m1/s1. The van der Waals surface area contributed by atoms with Crippen LogP contribution in [0.3, 0.4) is 0 Å². The Hall–Kier alpha value is -3.12. The van der Waals surface area contributed by atoms with Crippen LogP contribution in [0.15, 0.2) is 54.9 Å². The molecule has 1 aliphatic rings. The Morgan fingerprint density at radius 3 is 2.81 bits per heavy atom. The molecule has 3 aromatic rings. The molecule has 2 aromatic carbocycles. The molecule has 0 unspecified atom stereocenters. The normalized spacial score (nSPS) is 16.0. The van der Waals surface area contributed by atoms with Gasteiger partial charge in [-0.2, -0.15) is 0 Å². The molecule has 27 heavy (non-hydrogen) atoms. The van der Waals surface area contributed by atoms with Gasteiger partial charge in [0.1, 0.15) is 0 Å². The lowest BCUT2D eigenvalue weighted by Gasteiger charge is -2.33. The second kappa shape index (κ2) is 6.89. The molecular formula is C20H17ClN4O2. The van der Waals surface area contributed by atoms with E-state index in [1.807, 2.05) is 30.3 Å². The number of aromatic nitrogens is 1. The van der Waals surface area contributed by atoms with Crippen molar-refractivity contribution in [3.8, 4) is 0 Å². The Morgan fingerprint density at radius 1 is 1.19 bits per heavy atom. The molecule has 0 spiro atoms. The highest BCUT2D eigenvalue weighted by molar-refractivity contribution is 6.30. The van der Waals surface area contributed by atoms with Gasteiger partial charge in [-0.15, -0.1) is 0 Å². The molecule has 1 aliphatic heterocycles. The van der Waals surface area contributed by atoms with Crippen molar-refractivity contribution in [3.63, 3.8) is 0 Å². The molecule has 0 saturated heterocycles. The van der Waals surface area contributed by atoms with Gasteiger partial charge in [-0.1, -0.05) is 41.9 Å². The Kier molecular flexibility index (Phi) is 4.41. The number of pyridine rings is 1. The van der Waals surface area contributed by atoms with Crippen molar-refractivity contribution in [3.05, 3.63) is 71.0 Å². The van der Waals surface area contributed by atoms with Gasteiger partial charge in [0.15, 0.2) is 0 Å². The highest BCUT2D eigenvalue weighted by atomic mass is 35.5. The van der Waals surface area contributed by atoms with Gasteiger partial charge in [-0.25, -0.2) is 4.79 Å². The summed E-state index contributed by atoms with van der Waals surface area (Å²) >= 11 is 6.14. The lowest BCUT2D eigenvalue weighted by Crippen LogP contribution is -2.44. The maximum atomic E-state index is 13.1. The molecule has 3 amide bonds. The largest absolute Gasteiger partial charge is 0.351 e. The van der Waals surface area contributed by atoms with Gasteiger partial charge in [0.05, 0.1) is 17.8 Å². The number of benzene rings is 2. The van der Waals surface area contributed by atoms with Gasteiger partial charge in [-0.05, 0) is 23.3 Å². The predicted molar refractivity (Wildman–Crippen MR) is 105 cm³/mol. The first kappa shape index (κ1) is 17.3. The summed E-state index contributed by atoms with van der Waals surface area (Å²) in [6.45, 7) is 0.564. The minimum absolute atomic E-state index is 0.201. The number of anilines is 1. The van der Waals surface area contributed by atoms with Crippen LogP contribution in [0.1, 0.15) is 17.0 Å². The summed E-state index contributed by atoms with van der Waals surface area (Å²) in [6, 6.07) is 12.5. The predicted octanol–water partition coefficient (Wildman–Crippen LogP) is 3.50. The molecule has 4 rings (SSSR count). The Morgan fingerprint density at radius 2 is 2.00 bits per heavy atom. The minimum Gasteiger partial charge on any atom is -0.351 e. The van der Waals surface area contributed by atoms with Gasteiger partial charge in [-0.3, -0.25) is 9.78 Å². The molecule has 7 heteroatoms. The van der Waals surface area contributed by atoms with Crippen LogP contribution in [0.5, 0.6) is 0 Å². The number of fused-ring (bicyclic) bond motifs is 2. The van der Waals surface area contributed by atoms with E-state index in [0.29, 0.717) is 17.3 Å². The molecule has 0 aliphatic carbocycles. The van der Waals surface area contributed by atoms with Gasteiger partial charge in [0, 0.05) is 35.1 Å². The number of hydrogen-bond donors (Lipinski definition) is 2. The number of carbonyl (C=O) groups is 2. The molecule has 2 heterocycles. The SMILES string of the molecule is NC(=O)N1Cc2ccc(Cl)cc2[C@H](C(=O)Nc2cncc3ccccc23)C1. The molecule has 0 bridgehead atoms. The fourth-order valence-corrected chi connectivity index (χ4v) is 3.63. The maximum Gasteiger partial charge on any atom is 0.315 e. The van der Waals surface area contributed by atoms with Crippen LogP contribution in [0, 0.1) is 0 Å². The van der Waals surface area contributed by atoms with Crippen molar-refractivity contribution in [2.24, 2.45) is 5.73 Å². The average molecular weight is 381 g/mol. The summed E-state index contributed by atoms with van der Waals surface area (Å²) in [4.78, 5) is 30.5. The summed E-state index contributed by atoms with van der Waals surface area (Å²) in [6.07, 6.45) is 3.36. The van der Waals surface area contributed by atoms with Crippen molar-refractivity contribution in [1.29, 1.82) is 0 Å². The first-order chi connectivity index (χ1) is 13.0. The van der Waals surface area contributed by atoms with E-state index in [0.717, 1.165) is 21.9 Å². The highest BCUT2D eigenvalue weighted by Gasteiger charge is 2.32. The maximum absolute atomic E-state index is 13.1. The molecule has 136 valence electrons. The third kappa shape index (κ3) is 3.31. The molecule has 1 atom stereocenters. The first-order valence-electron chi connectivity index (χ1n) is 8.49. The first-order valence-corrected chi connectivity index (χ1v) is 8.87.